The van der Waals surface area contributed by atoms with E-state index in [1.807, 2.05) is 37.3 Å². The van der Waals surface area contributed by atoms with Crippen molar-refractivity contribution in [1.29, 1.82) is 5.26 Å². The second-order valence-electron chi connectivity index (χ2n) is 6.32. The molecule has 0 saturated carbocycles. The Morgan fingerprint density at radius 2 is 2.00 bits per heavy atom. The number of hydrogen-bond acceptors (Lipinski definition) is 4. The third kappa shape index (κ3) is 4.06. The van der Waals surface area contributed by atoms with Crippen LogP contribution >= 0.6 is 23.4 Å². The Morgan fingerprint density at radius 3 is 2.61 bits per heavy atom. The number of carbonyl (C=O) groups excluding carboxylic acids is 2. The lowest BCUT2D eigenvalue weighted by Crippen LogP contribution is -2.31. The van der Waals surface area contributed by atoms with Gasteiger partial charge < -0.3 is 5.32 Å². The highest BCUT2D eigenvalue weighted by molar-refractivity contribution is 8.05. The number of benzene rings is 2. The highest BCUT2D eigenvalue weighted by Gasteiger charge is 2.40. The van der Waals surface area contributed by atoms with Gasteiger partial charge in [-0.05, 0) is 43.2 Å². The molecule has 2 aromatic rings. The van der Waals surface area contributed by atoms with Crippen LogP contribution in [0.25, 0.3) is 0 Å². The van der Waals surface area contributed by atoms with E-state index in [1.54, 1.807) is 24.3 Å². The first kappa shape index (κ1) is 20.0. The van der Waals surface area contributed by atoms with Crippen molar-refractivity contribution in [3.8, 4) is 6.07 Å². The summed E-state index contributed by atoms with van der Waals surface area (Å²) in [5.41, 5.74) is 2.63. The van der Waals surface area contributed by atoms with Gasteiger partial charge in [0, 0.05) is 17.8 Å². The first-order valence-electron chi connectivity index (χ1n) is 8.62. The van der Waals surface area contributed by atoms with Crippen LogP contribution in [-0.4, -0.2) is 24.1 Å². The van der Waals surface area contributed by atoms with Gasteiger partial charge in [0.25, 0.3) is 5.91 Å². The fourth-order valence-electron chi connectivity index (χ4n) is 2.99. The average molecular weight is 412 g/mol. The molecule has 0 aliphatic carbocycles. The fraction of sp³-hybridized carbons (Fsp3) is 0.190. The largest absolute Gasteiger partial charge is 0.354 e. The van der Waals surface area contributed by atoms with Crippen LogP contribution in [0.3, 0.4) is 0 Å². The van der Waals surface area contributed by atoms with Gasteiger partial charge in [0.2, 0.25) is 5.91 Å². The van der Waals surface area contributed by atoms with Gasteiger partial charge in [0.1, 0.15) is 16.7 Å². The quantitative estimate of drug-likeness (QED) is 0.613. The lowest BCUT2D eigenvalue weighted by Gasteiger charge is -2.18. The van der Waals surface area contributed by atoms with Crippen LogP contribution in [0.5, 0.6) is 0 Å². The summed E-state index contributed by atoms with van der Waals surface area (Å²) in [4.78, 5) is 26.9. The number of nitriles is 1. The Morgan fingerprint density at radius 1 is 1.29 bits per heavy atom. The number of aryl methyl sites for hydroxylation is 1. The lowest BCUT2D eigenvalue weighted by molar-refractivity contribution is -0.117. The molecule has 142 valence electrons. The summed E-state index contributed by atoms with van der Waals surface area (Å²) in [6.07, 6.45) is 0.505. The number of nitrogens with zero attached hydrogens (tertiary/aromatic N) is 2. The fourth-order valence-corrected chi connectivity index (χ4v) is 4.42. The number of likely N-dealkylation sites (N-methyl/N-ethyl adjacent to an activating group) is 1. The summed E-state index contributed by atoms with van der Waals surface area (Å²) in [6, 6.07) is 16.7. The molecule has 0 aromatic heterocycles. The number of amides is 2. The zero-order valence-electron chi connectivity index (χ0n) is 15.4. The van der Waals surface area contributed by atoms with Crippen molar-refractivity contribution in [2.45, 2.75) is 18.6 Å². The van der Waals surface area contributed by atoms with E-state index in [0.717, 1.165) is 11.1 Å². The van der Waals surface area contributed by atoms with E-state index in [0.29, 0.717) is 22.2 Å². The maximum atomic E-state index is 13.2. The molecule has 2 amide bonds. The van der Waals surface area contributed by atoms with E-state index in [4.69, 9.17) is 11.6 Å². The summed E-state index contributed by atoms with van der Waals surface area (Å²) >= 11 is 7.21. The van der Waals surface area contributed by atoms with Crippen LogP contribution in [0.2, 0.25) is 5.02 Å². The number of nitrogens with one attached hydrogen (secondary N) is 1. The molecule has 1 aliphatic rings. The first-order valence-corrected chi connectivity index (χ1v) is 9.88. The Hall–Kier alpha value is -2.75. The van der Waals surface area contributed by atoms with Crippen LogP contribution in [-0.2, 0) is 16.0 Å². The molecule has 0 radical (unpaired) electrons. The number of carbonyl (C=O) groups is 2. The molecule has 1 fully saturated rings. The van der Waals surface area contributed by atoms with Crippen molar-refractivity contribution in [1.82, 2.24) is 5.32 Å². The van der Waals surface area contributed by atoms with Gasteiger partial charge in [-0.15, -0.1) is 0 Å². The summed E-state index contributed by atoms with van der Waals surface area (Å²) in [5.74, 6) is -0.687. The third-order valence-corrected chi connectivity index (χ3v) is 5.84. The van der Waals surface area contributed by atoms with E-state index in [9.17, 15) is 14.9 Å². The highest BCUT2D eigenvalue weighted by Crippen LogP contribution is 2.42. The lowest BCUT2D eigenvalue weighted by atomic mass is 10.1. The molecule has 1 atom stereocenters. The Bertz CT molecular complexity index is 995. The SMILES string of the molecule is CNC(=O)C(C#N)=C1SC(Cc2cccc(C)c2)C(=O)N1c1ccc(Cl)cc1. The molecule has 0 spiro atoms. The minimum absolute atomic E-state index is 0.0810. The highest BCUT2D eigenvalue weighted by atomic mass is 35.5. The second kappa shape index (κ2) is 8.51. The van der Waals surface area contributed by atoms with Crippen molar-refractivity contribution in [2.24, 2.45) is 0 Å². The van der Waals surface area contributed by atoms with E-state index >= 15 is 0 Å². The van der Waals surface area contributed by atoms with Crippen LogP contribution < -0.4 is 10.2 Å². The molecule has 5 nitrogen and oxygen atoms in total. The molecule has 1 saturated heterocycles. The summed E-state index contributed by atoms with van der Waals surface area (Å²) in [7, 11) is 1.46. The molecule has 1 aliphatic heterocycles. The molecular weight excluding hydrogens is 394 g/mol. The van der Waals surface area contributed by atoms with E-state index in [1.165, 1.54) is 23.7 Å². The third-order valence-electron chi connectivity index (χ3n) is 4.32. The normalized spacial score (nSPS) is 18.0. The van der Waals surface area contributed by atoms with Crippen molar-refractivity contribution in [3.05, 3.63) is 75.3 Å². The Kier molecular flexibility index (Phi) is 6.08. The summed E-state index contributed by atoms with van der Waals surface area (Å²) < 4.78 is 0. The predicted molar refractivity (Wildman–Crippen MR) is 112 cm³/mol. The predicted octanol–water partition coefficient (Wildman–Crippen LogP) is 3.82. The van der Waals surface area contributed by atoms with Gasteiger partial charge in [0.15, 0.2) is 0 Å². The van der Waals surface area contributed by atoms with E-state index < -0.39 is 11.2 Å². The Labute approximate surface area is 173 Å². The first-order chi connectivity index (χ1) is 13.4. The molecule has 1 N–H and O–H groups in total. The van der Waals surface area contributed by atoms with Crippen LogP contribution in [0.15, 0.2) is 59.1 Å². The maximum absolute atomic E-state index is 13.2. The van der Waals surface area contributed by atoms with Gasteiger partial charge in [-0.3, -0.25) is 14.5 Å². The molecule has 1 heterocycles. The number of thioether (sulfide) groups is 1. The van der Waals surface area contributed by atoms with Gasteiger partial charge in [0.05, 0.1) is 5.25 Å². The Balaban J connectivity index is 2.04. The zero-order valence-corrected chi connectivity index (χ0v) is 17.0. The molecule has 3 rings (SSSR count). The van der Waals surface area contributed by atoms with Crippen LogP contribution in [0.1, 0.15) is 11.1 Å². The van der Waals surface area contributed by atoms with Crippen LogP contribution in [0, 0.1) is 18.3 Å². The summed E-state index contributed by atoms with van der Waals surface area (Å²) in [6.45, 7) is 2.00. The zero-order chi connectivity index (χ0) is 20.3. The minimum Gasteiger partial charge on any atom is -0.354 e. The number of hydrogen-bond donors (Lipinski definition) is 1. The summed E-state index contributed by atoms with van der Waals surface area (Å²) in [5, 5.41) is 12.5. The number of rotatable bonds is 4. The topological polar surface area (TPSA) is 73.2 Å². The monoisotopic (exact) mass is 411 g/mol. The smallest absolute Gasteiger partial charge is 0.264 e. The van der Waals surface area contributed by atoms with E-state index in [2.05, 4.69) is 5.32 Å². The van der Waals surface area contributed by atoms with Crippen molar-refractivity contribution in [2.75, 3.05) is 11.9 Å². The van der Waals surface area contributed by atoms with Gasteiger partial charge >= 0.3 is 0 Å². The molecular formula is C21H18ClN3O2S. The molecule has 0 bridgehead atoms. The number of anilines is 1. The maximum Gasteiger partial charge on any atom is 0.264 e. The molecule has 1 unspecified atom stereocenters. The van der Waals surface area contributed by atoms with E-state index in [-0.39, 0.29) is 11.5 Å². The standard InChI is InChI=1S/C21H18ClN3O2S/c1-13-4-3-5-14(10-13)11-18-20(27)25(16-8-6-15(22)7-9-16)21(28-18)17(12-23)19(26)24-2/h3-10,18H,11H2,1-2H3,(H,24,26). The molecule has 2 aromatic carbocycles. The number of halogens is 1. The second-order valence-corrected chi connectivity index (χ2v) is 7.95. The minimum atomic E-state index is -0.520. The molecule has 28 heavy (non-hydrogen) atoms. The van der Waals surface area contributed by atoms with Crippen molar-refractivity contribution in [3.63, 3.8) is 0 Å². The van der Waals surface area contributed by atoms with Gasteiger partial charge in [-0.2, -0.15) is 5.26 Å². The molecule has 7 heteroatoms. The van der Waals surface area contributed by atoms with Gasteiger partial charge in [-0.1, -0.05) is 53.2 Å². The van der Waals surface area contributed by atoms with Crippen LogP contribution in [0.4, 0.5) is 5.69 Å². The van der Waals surface area contributed by atoms with Gasteiger partial charge in [-0.25, -0.2) is 0 Å². The van der Waals surface area contributed by atoms with Crippen molar-refractivity contribution >= 4 is 40.9 Å². The average Bonchev–Trinajstić information content (AvgIpc) is 2.99. The van der Waals surface area contributed by atoms with Crippen molar-refractivity contribution < 1.29 is 9.59 Å².